The topological polar surface area (TPSA) is 107 Å². The molecule has 0 aliphatic carbocycles. The molecule has 178 valence electrons. The molecule has 3 rings (SSSR count). The van der Waals surface area contributed by atoms with Crippen molar-refractivity contribution in [3.05, 3.63) is 83.8 Å². The number of amides is 2. The third kappa shape index (κ3) is 7.12. The summed E-state index contributed by atoms with van der Waals surface area (Å²) in [5.41, 5.74) is -1.00. The lowest BCUT2D eigenvalue weighted by Gasteiger charge is -2.12. The van der Waals surface area contributed by atoms with E-state index in [1.807, 2.05) is 0 Å². The molecule has 2 aromatic carbocycles. The number of nitrogens with one attached hydrogen (secondary N) is 2. The van der Waals surface area contributed by atoms with Crippen LogP contribution in [0.4, 0.5) is 18.9 Å². The first-order valence-electron chi connectivity index (χ1n) is 9.87. The Morgan fingerprint density at radius 3 is 2.44 bits per heavy atom. The first kappa shape index (κ1) is 24.4. The van der Waals surface area contributed by atoms with Crippen molar-refractivity contribution >= 4 is 23.5 Å². The van der Waals surface area contributed by atoms with Crippen LogP contribution < -0.4 is 15.4 Å². The van der Waals surface area contributed by atoms with Crippen molar-refractivity contribution in [3.8, 4) is 5.75 Å². The summed E-state index contributed by atoms with van der Waals surface area (Å²) in [7, 11) is 0. The van der Waals surface area contributed by atoms with Gasteiger partial charge in [-0.3, -0.25) is 9.59 Å². The number of hydrogen-bond acceptors (Lipinski definition) is 6. The van der Waals surface area contributed by atoms with Crippen LogP contribution in [0.3, 0.4) is 0 Å². The van der Waals surface area contributed by atoms with Crippen LogP contribution in [0.1, 0.15) is 21.7 Å². The van der Waals surface area contributed by atoms with Gasteiger partial charge in [0.05, 0.1) is 18.4 Å². The van der Waals surface area contributed by atoms with Crippen LogP contribution >= 0.6 is 0 Å². The Hall–Kier alpha value is -4.28. The molecule has 0 unspecified atom stereocenters. The first-order chi connectivity index (χ1) is 16.2. The van der Waals surface area contributed by atoms with Gasteiger partial charge in [0.15, 0.2) is 13.2 Å². The van der Waals surface area contributed by atoms with Crippen LogP contribution in [-0.2, 0) is 27.0 Å². The maximum atomic E-state index is 12.8. The van der Waals surface area contributed by atoms with E-state index in [4.69, 9.17) is 13.9 Å². The third-order valence-electron chi connectivity index (χ3n) is 4.31. The smallest absolute Gasteiger partial charge is 0.416 e. The van der Waals surface area contributed by atoms with Crippen molar-refractivity contribution in [1.82, 2.24) is 5.32 Å². The van der Waals surface area contributed by atoms with Crippen LogP contribution in [0.15, 0.2) is 71.3 Å². The highest BCUT2D eigenvalue weighted by Crippen LogP contribution is 2.30. The molecule has 0 spiro atoms. The summed E-state index contributed by atoms with van der Waals surface area (Å²) in [6.07, 6.45) is -3.09. The van der Waals surface area contributed by atoms with Gasteiger partial charge in [0.1, 0.15) is 17.1 Å². The fraction of sp³-hybridized carbons (Fsp3) is 0.174. The number of alkyl halides is 3. The first-order valence-corrected chi connectivity index (χ1v) is 9.87. The van der Waals surface area contributed by atoms with Crippen molar-refractivity contribution in [2.75, 3.05) is 18.5 Å². The molecule has 2 N–H and O–H groups in total. The number of ether oxygens (including phenoxy) is 2. The summed E-state index contributed by atoms with van der Waals surface area (Å²) >= 11 is 0. The van der Waals surface area contributed by atoms with Gasteiger partial charge in [-0.15, -0.1) is 0 Å². The number of carbonyl (C=O) groups is 3. The zero-order chi connectivity index (χ0) is 24.6. The average molecular weight is 476 g/mol. The van der Waals surface area contributed by atoms with E-state index >= 15 is 0 Å². The van der Waals surface area contributed by atoms with Gasteiger partial charge in [0, 0.05) is 5.69 Å². The summed E-state index contributed by atoms with van der Waals surface area (Å²) in [6.45, 7) is -1.00. The molecule has 1 aromatic heterocycles. The zero-order valence-electron chi connectivity index (χ0n) is 17.6. The second kappa shape index (κ2) is 11.0. The molecule has 2 amide bonds. The highest BCUT2D eigenvalue weighted by Gasteiger charge is 2.30. The van der Waals surface area contributed by atoms with E-state index in [-0.39, 0.29) is 23.5 Å². The number of hydrogen-bond donors (Lipinski definition) is 2. The monoisotopic (exact) mass is 476 g/mol. The molecule has 1 heterocycles. The number of halogens is 3. The predicted molar refractivity (Wildman–Crippen MR) is 113 cm³/mol. The molecular formula is C23H19F3N2O6. The summed E-state index contributed by atoms with van der Waals surface area (Å²) in [6, 6.07) is 13.3. The molecule has 0 atom stereocenters. The number of esters is 1. The number of para-hydroxylation sites is 1. The van der Waals surface area contributed by atoms with Crippen LogP contribution in [0, 0.1) is 0 Å². The Morgan fingerprint density at radius 1 is 0.912 bits per heavy atom. The van der Waals surface area contributed by atoms with Gasteiger partial charge in [-0.05, 0) is 42.5 Å². The van der Waals surface area contributed by atoms with E-state index in [1.54, 1.807) is 18.2 Å². The second-order valence-corrected chi connectivity index (χ2v) is 6.84. The summed E-state index contributed by atoms with van der Waals surface area (Å²) in [5, 5.41) is 4.82. The van der Waals surface area contributed by atoms with Gasteiger partial charge in [0.25, 0.3) is 11.8 Å². The van der Waals surface area contributed by atoms with E-state index in [9.17, 15) is 27.6 Å². The van der Waals surface area contributed by atoms with Gasteiger partial charge < -0.3 is 24.5 Å². The van der Waals surface area contributed by atoms with E-state index in [0.29, 0.717) is 5.76 Å². The minimum Gasteiger partial charge on any atom is -0.483 e. The quantitative estimate of drug-likeness (QED) is 0.455. The van der Waals surface area contributed by atoms with Gasteiger partial charge in [-0.2, -0.15) is 13.2 Å². The highest BCUT2D eigenvalue weighted by molar-refractivity contribution is 5.95. The van der Waals surface area contributed by atoms with Crippen LogP contribution in [0.2, 0.25) is 0 Å². The molecule has 0 aliphatic heterocycles. The molecule has 8 nitrogen and oxygen atoms in total. The minimum atomic E-state index is -4.55. The zero-order valence-corrected chi connectivity index (χ0v) is 17.6. The van der Waals surface area contributed by atoms with Crippen molar-refractivity contribution in [3.63, 3.8) is 0 Å². The van der Waals surface area contributed by atoms with E-state index < -0.39 is 42.7 Å². The van der Waals surface area contributed by atoms with Gasteiger partial charge >= 0.3 is 12.1 Å². The second-order valence-electron chi connectivity index (χ2n) is 6.84. The largest absolute Gasteiger partial charge is 0.483 e. The lowest BCUT2D eigenvalue weighted by molar-refractivity contribution is -0.137. The Bertz CT molecular complexity index is 1150. The molecule has 0 saturated carbocycles. The lowest BCUT2D eigenvalue weighted by Crippen LogP contribution is -2.28. The molecule has 0 bridgehead atoms. The maximum absolute atomic E-state index is 12.8. The number of furan rings is 1. The summed E-state index contributed by atoms with van der Waals surface area (Å²) in [5.74, 6) is -1.62. The van der Waals surface area contributed by atoms with Crippen LogP contribution in [-0.4, -0.2) is 31.0 Å². The standard InChI is InChI=1S/C23H19F3N2O6/c24-23(25,26)15-5-3-6-16(11-15)28-21(30)14-33-19-9-2-1-8-18(19)22(31)34-13-20(29)27-12-17-7-4-10-32-17/h1-11H,12-14H2,(H,27,29)(H,28,30). The van der Waals surface area contributed by atoms with Crippen molar-refractivity contribution in [2.24, 2.45) is 0 Å². The molecule has 0 fully saturated rings. The van der Waals surface area contributed by atoms with E-state index in [1.165, 1.54) is 30.5 Å². The van der Waals surface area contributed by atoms with E-state index in [2.05, 4.69) is 10.6 Å². The van der Waals surface area contributed by atoms with Crippen molar-refractivity contribution in [2.45, 2.75) is 12.7 Å². The Morgan fingerprint density at radius 2 is 1.71 bits per heavy atom. The Labute approximate surface area is 191 Å². The maximum Gasteiger partial charge on any atom is 0.416 e. The van der Waals surface area contributed by atoms with Gasteiger partial charge in [0.2, 0.25) is 0 Å². The number of carbonyl (C=O) groups excluding carboxylic acids is 3. The molecule has 0 saturated heterocycles. The molecule has 0 radical (unpaired) electrons. The molecule has 11 heteroatoms. The predicted octanol–water partition coefficient (Wildman–Crippen LogP) is 3.79. The fourth-order valence-electron chi connectivity index (χ4n) is 2.73. The van der Waals surface area contributed by atoms with Gasteiger partial charge in [-0.25, -0.2) is 4.79 Å². The number of anilines is 1. The molecular weight excluding hydrogens is 457 g/mol. The molecule has 3 aromatic rings. The summed E-state index contributed by atoms with van der Waals surface area (Å²) in [4.78, 5) is 36.3. The highest BCUT2D eigenvalue weighted by atomic mass is 19.4. The average Bonchev–Trinajstić information content (AvgIpc) is 3.33. The van der Waals surface area contributed by atoms with Crippen LogP contribution in [0.25, 0.3) is 0 Å². The van der Waals surface area contributed by atoms with Gasteiger partial charge in [-0.1, -0.05) is 18.2 Å². The van der Waals surface area contributed by atoms with Crippen molar-refractivity contribution < 1.29 is 41.4 Å². The summed E-state index contributed by atoms with van der Waals surface area (Å²) < 4.78 is 53.8. The number of benzene rings is 2. The third-order valence-corrected chi connectivity index (χ3v) is 4.31. The normalized spacial score (nSPS) is 10.9. The molecule has 0 aliphatic rings. The Kier molecular flexibility index (Phi) is 7.91. The minimum absolute atomic E-state index is 0.00249. The van der Waals surface area contributed by atoms with Crippen LogP contribution in [0.5, 0.6) is 5.75 Å². The lowest BCUT2D eigenvalue weighted by atomic mass is 10.2. The SMILES string of the molecule is O=C(COC(=O)c1ccccc1OCC(=O)Nc1cccc(C(F)(F)F)c1)NCc1ccco1. The fourth-order valence-corrected chi connectivity index (χ4v) is 2.73. The van der Waals surface area contributed by atoms with Crippen molar-refractivity contribution in [1.29, 1.82) is 0 Å². The van der Waals surface area contributed by atoms with E-state index in [0.717, 1.165) is 18.2 Å². The number of rotatable bonds is 9. The Balaban J connectivity index is 1.52. The molecule has 34 heavy (non-hydrogen) atoms.